The van der Waals surface area contributed by atoms with Crippen molar-refractivity contribution in [1.82, 2.24) is 0 Å². The van der Waals surface area contributed by atoms with Gasteiger partial charge in [-0.3, -0.25) is 4.79 Å². The molecule has 0 saturated heterocycles. The van der Waals surface area contributed by atoms with Crippen LogP contribution in [0.3, 0.4) is 0 Å². The number of nitrogens with zero attached hydrogens (tertiary/aromatic N) is 1. The van der Waals surface area contributed by atoms with Gasteiger partial charge in [-0.15, -0.1) is 6.42 Å². The van der Waals surface area contributed by atoms with Crippen LogP contribution < -0.4 is 14.8 Å². The molecule has 0 aliphatic rings. The maximum absolute atomic E-state index is 12.5. The number of benzene rings is 2. The van der Waals surface area contributed by atoms with Crippen LogP contribution >= 0.6 is 22.6 Å². The third-order valence-electron chi connectivity index (χ3n) is 3.99. The Morgan fingerprint density at radius 3 is 2.64 bits per heavy atom. The van der Waals surface area contributed by atoms with Gasteiger partial charge in [0.25, 0.3) is 5.91 Å². The molecule has 28 heavy (non-hydrogen) atoms. The molecule has 0 aliphatic carbocycles. The second-order valence-electron chi connectivity index (χ2n) is 5.95. The van der Waals surface area contributed by atoms with E-state index in [1.54, 1.807) is 18.2 Å². The van der Waals surface area contributed by atoms with Gasteiger partial charge < -0.3 is 14.8 Å². The maximum Gasteiger partial charge on any atom is 0.266 e. The highest BCUT2D eigenvalue weighted by Crippen LogP contribution is 2.34. The van der Waals surface area contributed by atoms with Crippen LogP contribution in [0, 0.1) is 41.1 Å². The highest BCUT2D eigenvalue weighted by molar-refractivity contribution is 14.1. The van der Waals surface area contributed by atoms with Crippen molar-refractivity contribution in [2.45, 2.75) is 13.8 Å². The molecule has 0 fully saturated rings. The van der Waals surface area contributed by atoms with Crippen molar-refractivity contribution in [3.05, 3.63) is 56.2 Å². The standard InChI is InChI=1S/C22H19IN2O3/c1-5-8-28-21-19(23)11-16(12-20(21)27-4)10-17(13-24)22(26)25-18-7-6-14(2)15(3)9-18/h1,6-7,9-12H,8H2,2-4H3,(H,25,26)/b17-10+. The molecule has 0 atom stereocenters. The first-order chi connectivity index (χ1) is 13.4. The molecule has 0 radical (unpaired) electrons. The van der Waals surface area contributed by atoms with Crippen molar-refractivity contribution in [2.24, 2.45) is 0 Å². The highest BCUT2D eigenvalue weighted by Gasteiger charge is 2.14. The van der Waals surface area contributed by atoms with Crippen molar-refractivity contribution in [3.63, 3.8) is 0 Å². The number of anilines is 1. The number of hydrogen-bond acceptors (Lipinski definition) is 4. The van der Waals surface area contributed by atoms with Gasteiger partial charge in [0.2, 0.25) is 0 Å². The van der Waals surface area contributed by atoms with Gasteiger partial charge in [-0.25, -0.2) is 0 Å². The van der Waals surface area contributed by atoms with Crippen LogP contribution in [0.4, 0.5) is 5.69 Å². The average molecular weight is 486 g/mol. The van der Waals surface area contributed by atoms with E-state index in [4.69, 9.17) is 15.9 Å². The zero-order valence-electron chi connectivity index (χ0n) is 15.8. The second kappa shape index (κ2) is 9.82. The minimum absolute atomic E-state index is 0.0200. The number of halogens is 1. The molecular weight excluding hydrogens is 467 g/mol. The highest BCUT2D eigenvalue weighted by atomic mass is 127. The summed E-state index contributed by atoms with van der Waals surface area (Å²) in [5.74, 6) is 2.92. The van der Waals surface area contributed by atoms with Gasteiger partial charge >= 0.3 is 0 Å². The number of carbonyl (C=O) groups excluding carboxylic acids is 1. The zero-order chi connectivity index (χ0) is 20.7. The Labute approximate surface area is 178 Å². The lowest BCUT2D eigenvalue weighted by molar-refractivity contribution is -0.112. The Balaban J connectivity index is 2.31. The number of terminal acetylenes is 1. The van der Waals surface area contributed by atoms with E-state index in [0.717, 1.165) is 14.7 Å². The molecule has 0 saturated carbocycles. The number of hydrogen-bond donors (Lipinski definition) is 1. The topological polar surface area (TPSA) is 71.3 Å². The third kappa shape index (κ3) is 5.28. The monoisotopic (exact) mass is 486 g/mol. The smallest absolute Gasteiger partial charge is 0.266 e. The van der Waals surface area contributed by atoms with Gasteiger partial charge in [0, 0.05) is 5.69 Å². The lowest BCUT2D eigenvalue weighted by Crippen LogP contribution is -2.13. The lowest BCUT2D eigenvalue weighted by Gasteiger charge is -2.12. The predicted octanol–water partition coefficient (Wildman–Crippen LogP) is 4.47. The van der Waals surface area contributed by atoms with Crippen molar-refractivity contribution in [3.8, 4) is 29.9 Å². The second-order valence-corrected chi connectivity index (χ2v) is 7.11. The van der Waals surface area contributed by atoms with Gasteiger partial charge in [0.15, 0.2) is 11.5 Å². The van der Waals surface area contributed by atoms with Crippen molar-refractivity contribution < 1.29 is 14.3 Å². The fourth-order valence-corrected chi connectivity index (χ4v) is 3.19. The molecule has 5 nitrogen and oxygen atoms in total. The van der Waals surface area contributed by atoms with Gasteiger partial charge in [-0.1, -0.05) is 12.0 Å². The van der Waals surface area contributed by atoms with Gasteiger partial charge in [-0.2, -0.15) is 5.26 Å². The molecule has 0 aromatic heterocycles. The van der Waals surface area contributed by atoms with Crippen molar-refractivity contribution in [1.29, 1.82) is 5.26 Å². The lowest BCUT2D eigenvalue weighted by atomic mass is 10.1. The summed E-state index contributed by atoms with van der Waals surface area (Å²) in [5.41, 5.74) is 3.44. The largest absolute Gasteiger partial charge is 0.493 e. The van der Waals surface area contributed by atoms with Crippen LogP contribution in [-0.4, -0.2) is 19.6 Å². The number of rotatable bonds is 6. The number of carbonyl (C=O) groups is 1. The first-order valence-corrected chi connectivity index (χ1v) is 9.41. The number of nitrogens with one attached hydrogen (secondary N) is 1. The minimum atomic E-state index is -0.479. The van der Waals surface area contributed by atoms with Gasteiger partial charge in [0.05, 0.1) is 10.7 Å². The third-order valence-corrected chi connectivity index (χ3v) is 4.79. The number of aryl methyl sites for hydroxylation is 2. The Morgan fingerprint density at radius 1 is 1.29 bits per heavy atom. The summed E-state index contributed by atoms with van der Waals surface area (Å²) in [6, 6.07) is 11.0. The molecule has 2 rings (SSSR count). The number of ether oxygens (including phenoxy) is 2. The summed E-state index contributed by atoms with van der Waals surface area (Å²) in [6.45, 7) is 4.07. The fourth-order valence-electron chi connectivity index (χ4n) is 2.41. The summed E-state index contributed by atoms with van der Waals surface area (Å²) >= 11 is 2.09. The normalized spacial score (nSPS) is 10.6. The van der Waals surface area contributed by atoms with E-state index in [0.29, 0.717) is 22.7 Å². The molecule has 0 unspecified atom stereocenters. The summed E-state index contributed by atoms with van der Waals surface area (Å²) in [6.07, 6.45) is 6.74. The SMILES string of the molecule is C#CCOc1c(I)cc(/C=C(\C#N)C(=O)Nc2ccc(C)c(C)c2)cc1OC. The molecule has 0 heterocycles. The van der Waals surface area contributed by atoms with Crippen LogP contribution in [0.1, 0.15) is 16.7 Å². The van der Waals surface area contributed by atoms with E-state index in [-0.39, 0.29) is 12.2 Å². The molecule has 2 aromatic rings. The quantitative estimate of drug-likeness (QED) is 0.283. The van der Waals surface area contributed by atoms with Crippen molar-refractivity contribution >= 4 is 40.3 Å². The molecule has 2 aromatic carbocycles. The Kier molecular flexibility index (Phi) is 7.48. The van der Waals surface area contributed by atoms with Gasteiger partial charge in [0.1, 0.15) is 18.2 Å². The first kappa shape index (κ1) is 21.3. The average Bonchev–Trinajstić information content (AvgIpc) is 2.67. The fraction of sp³-hybridized carbons (Fsp3) is 0.182. The Morgan fingerprint density at radius 2 is 2.04 bits per heavy atom. The predicted molar refractivity (Wildman–Crippen MR) is 118 cm³/mol. The van der Waals surface area contributed by atoms with Gasteiger partial charge in [-0.05, 0) is 83.5 Å². The summed E-state index contributed by atoms with van der Waals surface area (Å²) in [7, 11) is 1.51. The zero-order valence-corrected chi connectivity index (χ0v) is 18.0. The number of methoxy groups -OCH3 is 1. The summed E-state index contributed by atoms with van der Waals surface area (Å²) < 4.78 is 11.6. The molecule has 6 heteroatoms. The van der Waals surface area contributed by atoms with E-state index in [9.17, 15) is 10.1 Å². The van der Waals surface area contributed by atoms with Crippen LogP contribution in [0.2, 0.25) is 0 Å². The Bertz CT molecular complexity index is 1010. The van der Waals surface area contributed by atoms with E-state index >= 15 is 0 Å². The number of nitriles is 1. The van der Waals surface area contributed by atoms with E-state index in [1.165, 1.54) is 13.2 Å². The molecule has 1 amide bonds. The van der Waals surface area contributed by atoms with E-state index in [2.05, 4.69) is 33.8 Å². The van der Waals surface area contributed by atoms with E-state index in [1.807, 2.05) is 32.0 Å². The summed E-state index contributed by atoms with van der Waals surface area (Å²) in [5, 5.41) is 12.2. The van der Waals surface area contributed by atoms with E-state index < -0.39 is 5.91 Å². The molecule has 0 bridgehead atoms. The van der Waals surface area contributed by atoms with Crippen LogP contribution in [0.15, 0.2) is 35.9 Å². The minimum Gasteiger partial charge on any atom is -0.493 e. The van der Waals surface area contributed by atoms with Crippen LogP contribution in [-0.2, 0) is 4.79 Å². The van der Waals surface area contributed by atoms with Crippen molar-refractivity contribution in [2.75, 3.05) is 19.0 Å². The molecule has 142 valence electrons. The molecular formula is C22H19IN2O3. The van der Waals surface area contributed by atoms with Crippen LogP contribution in [0.25, 0.3) is 6.08 Å². The Hall–Kier alpha value is -2.97. The molecule has 0 spiro atoms. The molecule has 0 aliphatic heterocycles. The van der Waals surface area contributed by atoms with Crippen LogP contribution in [0.5, 0.6) is 11.5 Å². The number of amides is 1. The molecule has 1 N–H and O–H groups in total. The maximum atomic E-state index is 12.5. The first-order valence-electron chi connectivity index (χ1n) is 8.33. The summed E-state index contributed by atoms with van der Waals surface area (Å²) in [4.78, 5) is 12.5.